The van der Waals surface area contributed by atoms with E-state index in [0.717, 1.165) is 11.3 Å². The van der Waals surface area contributed by atoms with Gasteiger partial charge in [0.2, 0.25) is 0 Å². The second kappa shape index (κ2) is 7.18. The Kier molecular flexibility index (Phi) is 5.87. The van der Waals surface area contributed by atoms with Crippen molar-refractivity contribution < 1.29 is 28.2 Å². The molecule has 5 nitrogen and oxygen atoms in total. The number of halogens is 2. The van der Waals surface area contributed by atoms with Crippen molar-refractivity contribution in [3.05, 3.63) is 15.8 Å². The summed E-state index contributed by atoms with van der Waals surface area (Å²) >= 11 is 1.05. The van der Waals surface area contributed by atoms with Gasteiger partial charge in [-0.2, -0.15) is 8.78 Å². The maximum Gasteiger partial charge on any atom is 0.387 e. The minimum atomic E-state index is -3.01. The number of amides is 1. The number of aryl methyl sites for hydroxylation is 1. The van der Waals surface area contributed by atoms with Crippen LogP contribution in [0.1, 0.15) is 27.9 Å². The van der Waals surface area contributed by atoms with Gasteiger partial charge in [-0.25, -0.2) is 0 Å². The number of nitrogens with zero attached hydrogens (tertiary/aromatic N) is 1. The van der Waals surface area contributed by atoms with Gasteiger partial charge in [-0.3, -0.25) is 9.59 Å². The Hall–Kier alpha value is -1.70. The van der Waals surface area contributed by atoms with Crippen LogP contribution in [-0.2, 0) is 4.79 Å². The Morgan fingerprint density at radius 1 is 1.50 bits per heavy atom. The zero-order chi connectivity index (χ0) is 15.3. The van der Waals surface area contributed by atoms with Crippen molar-refractivity contribution in [2.45, 2.75) is 26.9 Å². The first-order valence-electron chi connectivity index (χ1n) is 5.91. The summed E-state index contributed by atoms with van der Waals surface area (Å²) in [7, 11) is 0. The van der Waals surface area contributed by atoms with Gasteiger partial charge in [-0.15, -0.1) is 11.3 Å². The molecule has 0 saturated heterocycles. The number of hydrogen-bond acceptors (Lipinski definition) is 4. The zero-order valence-electron chi connectivity index (χ0n) is 11.1. The summed E-state index contributed by atoms with van der Waals surface area (Å²) in [4.78, 5) is 24.8. The molecule has 1 aromatic rings. The Morgan fingerprint density at radius 3 is 2.65 bits per heavy atom. The van der Waals surface area contributed by atoms with E-state index in [2.05, 4.69) is 4.74 Å². The summed E-state index contributed by atoms with van der Waals surface area (Å²) in [5, 5.41) is 8.63. The predicted molar refractivity (Wildman–Crippen MR) is 69.5 cm³/mol. The summed E-state index contributed by atoms with van der Waals surface area (Å²) in [5.41, 5.74) is 0. The molecule has 0 aliphatic carbocycles. The summed E-state index contributed by atoms with van der Waals surface area (Å²) in [6.45, 7) is 0.665. The number of aliphatic carboxylic acids is 1. The van der Waals surface area contributed by atoms with Gasteiger partial charge in [0.1, 0.15) is 10.6 Å². The Labute approximate surface area is 118 Å². The second-order valence-corrected chi connectivity index (χ2v) is 5.21. The van der Waals surface area contributed by atoms with Crippen molar-refractivity contribution >= 4 is 23.2 Å². The zero-order valence-corrected chi connectivity index (χ0v) is 11.9. The molecule has 0 bridgehead atoms. The van der Waals surface area contributed by atoms with Gasteiger partial charge in [0.05, 0.1) is 6.42 Å². The predicted octanol–water partition coefficient (Wildman–Crippen LogP) is 2.59. The molecule has 1 rings (SSSR count). The molecule has 0 aromatic carbocycles. The molecule has 0 saturated carbocycles. The normalized spacial score (nSPS) is 10.7. The molecule has 1 heterocycles. The van der Waals surface area contributed by atoms with Crippen molar-refractivity contribution in [2.24, 2.45) is 0 Å². The van der Waals surface area contributed by atoms with Gasteiger partial charge < -0.3 is 14.7 Å². The second-order valence-electron chi connectivity index (χ2n) is 3.96. The third kappa shape index (κ3) is 4.44. The highest BCUT2D eigenvalue weighted by Crippen LogP contribution is 2.31. The van der Waals surface area contributed by atoms with Gasteiger partial charge in [0.15, 0.2) is 0 Å². The topological polar surface area (TPSA) is 66.8 Å². The fraction of sp³-hybridized carbons (Fsp3) is 0.500. The number of carbonyl (C=O) groups is 2. The van der Waals surface area contributed by atoms with Crippen LogP contribution >= 0.6 is 11.3 Å². The summed E-state index contributed by atoms with van der Waals surface area (Å²) in [6, 6.07) is 1.37. The minimum absolute atomic E-state index is 0.0235. The average Bonchev–Trinajstić information content (AvgIpc) is 2.69. The van der Waals surface area contributed by atoms with E-state index in [1.165, 1.54) is 11.0 Å². The van der Waals surface area contributed by atoms with Crippen LogP contribution in [0.4, 0.5) is 8.78 Å². The lowest BCUT2D eigenvalue weighted by Crippen LogP contribution is -2.32. The first-order valence-corrected chi connectivity index (χ1v) is 6.73. The number of carboxylic acid groups (broad SMARTS) is 1. The van der Waals surface area contributed by atoms with Crippen LogP contribution < -0.4 is 4.74 Å². The maximum atomic E-state index is 12.3. The number of hydrogen-bond donors (Lipinski definition) is 1. The van der Waals surface area contributed by atoms with Crippen LogP contribution in [0.5, 0.6) is 5.75 Å². The monoisotopic (exact) mass is 307 g/mol. The highest BCUT2D eigenvalue weighted by atomic mass is 32.1. The summed E-state index contributed by atoms with van der Waals surface area (Å²) in [6.07, 6.45) is -0.199. The van der Waals surface area contributed by atoms with E-state index in [9.17, 15) is 18.4 Å². The Bertz CT molecular complexity index is 490. The molecule has 0 unspecified atom stereocenters. The Morgan fingerprint density at radius 2 is 2.15 bits per heavy atom. The third-order valence-corrected chi connectivity index (χ3v) is 3.52. The smallest absolute Gasteiger partial charge is 0.387 e. The number of rotatable bonds is 7. The number of carboxylic acids is 1. The molecule has 112 valence electrons. The van der Waals surface area contributed by atoms with Gasteiger partial charge in [0.25, 0.3) is 5.91 Å². The van der Waals surface area contributed by atoms with E-state index >= 15 is 0 Å². The van der Waals surface area contributed by atoms with Gasteiger partial charge in [0, 0.05) is 18.0 Å². The first kappa shape index (κ1) is 16.4. The van der Waals surface area contributed by atoms with Crippen LogP contribution in [0.15, 0.2) is 6.07 Å². The van der Waals surface area contributed by atoms with Crippen molar-refractivity contribution in [3.63, 3.8) is 0 Å². The molecule has 0 radical (unpaired) electrons. The van der Waals surface area contributed by atoms with Gasteiger partial charge in [-0.05, 0) is 19.9 Å². The highest BCUT2D eigenvalue weighted by molar-refractivity contribution is 7.14. The lowest BCUT2D eigenvalue weighted by atomic mass is 10.3. The number of thiophene rings is 1. The molecule has 1 N–H and O–H groups in total. The lowest BCUT2D eigenvalue weighted by molar-refractivity contribution is -0.137. The number of carbonyl (C=O) groups excluding carboxylic acids is 1. The van der Waals surface area contributed by atoms with E-state index in [0.29, 0.717) is 4.88 Å². The highest BCUT2D eigenvalue weighted by Gasteiger charge is 2.23. The fourth-order valence-corrected chi connectivity index (χ4v) is 2.51. The molecule has 0 fully saturated rings. The average molecular weight is 307 g/mol. The van der Waals surface area contributed by atoms with Crippen molar-refractivity contribution in [3.8, 4) is 5.75 Å². The molecule has 0 spiro atoms. The molecular formula is C12H15F2NO4S. The van der Waals surface area contributed by atoms with E-state index in [4.69, 9.17) is 5.11 Å². The Balaban J connectivity index is 2.91. The van der Waals surface area contributed by atoms with Crippen LogP contribution in [0.25, 0.3) is 0 Å². The SMILES string of the molecule is CCN(CCC(=O)O)C(=O)c1sc(C)cc1OC(F)F. The van der Waals surface area contributed by atoms with Crippen LogP contribution in [0, 0.1) is 6.92 Å². The van der Waals surface area contributed by atoms with Crippen molar-refractivity contribution in [2.75, 3.05) is 13.1 Å². The van der Waals surface area contributed by atoms with Crippen LogP contribution in [0.3, 0.4) is 0 Å². The molecule has 0 atom stereocenters. The molecule has 0 aliphatic heterocycles. The molecular weight excluding hydrogens is 292 g/mol. The maximum absolute atomic E-state index is 12.3. The lowest BCUT2D eigenvalue weighted by Gasteiger charge is -2.19. The van der Waals surface area contributed by atoms with Gasteiger partial charge >= 0.3 is 12.6 Å². The summed E-state index contributed by atoms with van der Waals surface area (Å²) < 4.78 is 28.9. The van der Waals surface area contributed by atoms with Crippen LogP contribution in [-0.4, -0.2) is 41.6 Å². The van der Waals surface area contributed by atoms with Crippen molar-refractivity contribution in [1.82, 2.24) is 4.90 Å². The van der Waals surface area contributed by atoms with Crippen molar-refractivity contribution in [1.29, 1.82) is 0 Å². The molecule has 8 heteroatoms. The van der Waals surface area contributed by atoms with E-state index < -0.39 is 18.5 Å². The van der Waals surface area contributed by atoms with E-state index in [-0.39, 0.29) is 30.1 Å². The number of alkyl halides is 2. The van der Waals surface area contributed by atoms with E-state index in [1.54, 1.807) is 13.8 Å². The quantitative estimate of drug-likeness (QED) is 0.841. The van der Waals surface area contributed by atoms with E-state index in [1.807, 2.05) is 0 Å². The molecule has 1 amide bonds. The standard InChI is InChI=1S/C12H15F2NO4S/c1-3-15(5-4-9(16)17)11(18)10-8(19-12(13)14)6-7(2)20-10/h6,12H,3-5H2,1-2H3,(H,16,17). The third-order valence-electron chi connectivity index (χ3n) is 2.50. The largest absolute Gasteiger partial charge is 0.481 e. The molecule has 0 aliphatic rings. The van der Waals surface area contributed by atoms with Gasteiger partial charge in [-0.1, -0.05) is 0 Å². The number of ether oxygens (including phenoxy) is 1. The fourth-order valence-electron chi connectivity index (χ4n) is 1.60. The summed E-state index contributed by atoms with van der Waals surface area (Å²) in [5.74, 6) is -1.69. The van der Waals surface area contributed by atoms with Crippen LogP contribution in [0.2, 0.25) is 0 Å². The minimum Gasteiger partial charge on any atom is -0.481 e. The first-order chi connectivity index (χ1) is 9.35. The molecule has 1 aromatic heterocycles. The molecule has 20 heavy (non-hydrogen) atoms.